The van der Waals surface area contributed by atoms with Crippen LogP contribution in [0.5, 0.6) is 0 Å². The Balaban J connectivity index is 1.60. The summed E-state index contributed by atoms with van der Waals surface area (Å²) >= 11 is 0. The van der Waals surface area contributed by atoms with Gasteiger partial charge in [0.25, 0.3) is 0 Å². The van der Waals surface area contributed by atoms with Crippen LogP contribution in [-0.4, -0.2) is 29.6 Å². The summed E-state index contributed by atoms with van der Waals surface area (Å²) in [4.78, 5) is 25.2. The number of aliphatic hydroxyl groups excluding tert-OH is 1. The fourth-order valence-electron chi connectivity index (χ4n) is 10.6. The fourth-order valence-corrected chi connectivity index (χ4v) is 10.6. The van der Waals surface area contributed by atoms with Gasteiger partial charge in [-0.25, -0.2) is 0 Å². The van der Waals surface area contributed by atoms with E-state index in [9.17, 15) is 14.7 Å². The summed E-state index contributed by atoms with van der Waals surface area (Å²) in [6.45, 7) is 18.1. The summed E-state index contributed by atoms with van der Waals surface area (Å²) in [5.74, 6) is 1.34. The van der Waals surface area contributed by atoms with E-state index in [1.807, 2.05) is 0 Å². The average molecular weight is 497 g/mol. The number of rotatable bonds is 3. The fraction of sp³-hybridized carbons (Fsp3) is 0.812. The van der Waals surface area contributed by atoms with Gasteiger partial charge in [0.05, 0.1) is 6.61 Å². The highest BCUT2D eigenvalue weighted by Crippen LogP contribution is 2.75. The second kappa shape index (κ2) is 8.04. The van der Waals surface area contributed by atoms with Crippen molar-refractivity contribution in [1.82, 2.24) is 0 Å². The molecule has 200 valence electrons. The van der Waals surface area contributed by atoms with Crippen LogP contribution in [0, 0.1) is 44.8 Å². The lowest BCUT2D eigenvalue weighted by Gasteiger charge is -2.70. The lowest BCUT2D eigenvalue weighted by molar-refractivity contribution is -0.207. The van der Waals surface area contributed by atoms with E-state index in [4.69, 9.17) is 4.74 Å². The molecule has 7 atom stereocenters. The number of esters is 1. The Labute approximate surface area is 218 Å². The van der Waals surface area contributed by atoms with Crippen LogP contribution in [0.4, 0.5) is 0 Å². The van der Waals surface area contributed by atoms with Gasteiger partial charge in [-0.2, -0.15) is 0 Å². The second-order valence-corrected chi connectivity index (χ2v) is 14.7. The first-order chi connectivity index (χ1) is 16.7. The molecule has 0 aromatic carbocycles. The first-order valence-corrected chi connectivity index (χ1v) is 14.4. The molecule has 3 fully saturated rings. The molecule has 0 aliphatic heterocycles. The van der Waals surface area contributed by atoms with E-state index in [0.29, 0.717) is 18.3 Å². The third-order valence-corrected chi connectivity index (χ3v) is 12.6. The standard InChI is InChI=1S/C32H48O4/c1-19(2)26-22(35)17-32(18-33)16-15-30(7)21(27(26)32)9-10-24-29(6)13-12-25(36-20(3)34)28(4,5)23(29)11-14-31(24,30)8/h9,19,23-25,33H,10-18H2,1-8H3/t23-,24+,25-,29-,30+,31+,32-/m0/s1. The maximum Gasteiger partial charge on any atom is 0.302 e. The lowest BCUT2D eigenvalue weighted by Crippen LogP contribution is -2.63. The maximum absolute atomic E-state index is 13.3. The Morgan fingerprint density at radius 2 is 1.75 bits per heavy atom. The minimum atomic E-state index is -0.379. The zero-order valence-electron chi connectivity index (χ0n) is 23.9. The van der Waals surface area contributed by atoms with Gasteiger partial charge in [0.2, 0.25) is 0 Å². The van der Waals surface area contributed by atoms with E-state index in [-0.39, 0.29) is 57.5 Å². The third kappa shape index (κ3) is 3.15. The van der Waals surface area contributed by atoms with Gasteiger partial charge < -0.3 is 9.84 Å². The number of fused-ring (bicyclic) bond motifs is 7. The molecule has 4 nitrogen and oxygen atoms in total. The molecule has 0 saturated heterocycles. The van der Waals surface area contributed by atoms with Gasteiger partial charge in [-0.05, 0) is 90.1 Å². The topological polar surface area (TPSA) is 63.6 Å². The average Bonchev–Trinajstić information content (AvgIpc) is 3.09. The molecule has 0 amide bonds. The highest BCUT2D eigenvalue weighted by atomic mass is 16.5. The molecular formula is C32H48O4. The summed E-state index contributed by atoms with van der Waals surface area (Å²) in [5, 5.41) is 10.6. The predicted molar refractivity (Wildman–Crippen MR) is 142 cm³/mol. The van der Waals surface area contributed by atoms with Gasteiger partial charge in [-0.1, -0.05) is 54.5 Å². The number of carbonyl (C=O) groups is 2. The first-order valence-electron chi connectivity index (χ1n) is 14.4. The van der Waals surface area contributed by atoms with Crippen molar-refractivity contribution in [2.75, 3.05) is 6.61 Å². The van der Waals surface area contributed by atoms with E-state index < -0.39 is 0 Å². The smallest absolute Gasteiger partial charge is 0.302 e. The van der Waals surface area contributed by atoms with Crippen molar-refractivity contribution in [1.29, 1.82) is 0 Å². The highest BCUT2D eigenvalue weighted by molar-refractivity contribution is 6.01. The van der Waals surface area contributed by atoms with Crippen molar-refractivity contribution in [3.63, 3.8) is 0 Å². The largest absolute Gasteiger partial charge is 0.462 e. The summed E-state index contributed by atoms with van der Waals surface area (Å²) in [6, 6.07) is 0. The molecule has 0 aromatic heterocycles. The van der Waals surface area contributed by atoms with Crippen LogP contribution in [0.2, 0.25) is 0 Å². The predicted octanol–water partition coefficient (Wildman–Crippen LogP) is 6.81. The molecule has 0 heterocycles. The molecule has 0 unspecified atom stereocenters. The van der Waals surface area contributed by atoms with Gasteiger partial charge in [0.15, 0.2) is 5.78 Å². The number of Topliss-reactive ketones (excluding diaryl/α,β-unsaturated/α-hetero) is 1. The number of allylic oxidation sites excluding steroid dienone is 3. The van der Waals surface area contributed by atoms with Crippen LogP contribution in [0.25, 0.3) is 0 Å². The minimum Gasteiger partial charge on any atom is -0.462 e. The molecule has 5 aliphatic carbocycles. The van der Waals surface area contributed by atoms with E-state index in [1.165, 1.54) is 11.1 Å². The van der Waals surface area contributed by atoms with Gasteiger partial charge in [0, 0.05) is 29.7 Å². The summed E-state index contributed by atoms with van der Waals surface area (Å²) in [5.41, 5.74) is 3.51. The van der Waals surface area contributed by atoms with Crippen LogP contribution in [-0.2, 0) is 14.3 Å². The molecule has 0 spiro atoms. The molecule has 36 heavy (non-hydrogen) atoms. The Kier molecular flexibility index (Phi) is 5.85. The van der Waals surface area contributed by atoms with Crippen molar-refractivity contribution in [3.8, 4) is 0 Å². The molecule has 1 N–H and O–H groups in total. The SMILES string of the molecule is CC(=O)O[C@H]1CC[C@]2(C)[C@H]3CC=C4C5=C(C(C)C)C(=O)C[C@]5(CO)CC[C@@]4(C)[C@]3(C)CC[C@H]2C1(C)C. The van der Waals surface area contributed by atoms with Gasteiger partial charge in [0.1, 0.15) is 6.10 Å². The van der Waals surface area contributed by atoms with E-state index in [2.05, 4.69) is 54.5 Å². The van der Waals surface area contributed by atoms with E-state index in [0.717, 1.165) is 50.5 Å². The molecule has 0 bridgehead atoms. The Morgan fingerprint density at radius 3 is 2.36 bits per heavy atom. The van der Waals surface area contributed by atoms with E-state index in [1.54, 1.807) is 6.92 Å². The number of ketones is 1. The first kappa shape index (κ1) is 26.2. The van der Waals surface area contributed by atoms with Crippen molar-refractivity contribution < 1.29 is 19.4 Å². The monoisotopic (exact) mass is 496 g/mol. The van der Waals surface area contributed by atoms with Gasteiger partial charge >= 0.3 is 5.97 Å². The highest BCUT2D eigenvalue weighted by Gasteiger charge is 2.68. The van der Waals surface area contributed by atoms with Crippen LogP contribution in [0.15, 0.2) is 22.8 Å². The van der Waals surface area contributed by atoms with Crippen LogP contribution in [0.1, 0.15) is 107 Å². The zero-order valence-corrected chi connectivity index (χ0v) is 23.9. The lowest BCUT2D eigenvalue weighted by atomic mass is 9.35. The summed E-state index contributed by atoms with van der Waals surface area (Å²) in [7, 11) is 0. The molecule has 0 aromatic rings. The summed E-state index contributed by atoms with van der Waals surface area (Å²) in [6.07, 6.45) is 10.3. The van der Waals surface area contributed by atoms with Gasteiger partial charge in [-0.15, -0.1) is 0 Å². The Bertz CT molecular complexity index is 1050. The molecule has 0 radical (unpaired) electrons. The maximum atomic E-state index is 13.3. The third-order valence-electron chi connectivity index (χ3n) is 12.6. The van der Waals surface area contributed by atoms with Crippen LogP contribution < -0.4 is 0 Å². The Hall–Kier alpha value is -1.42. The number of aliphatic hydroxyl groups is 1. The number of hydrogen-bond donors (Lipinski definition) is 1. The van der Waals surface area contributed by atoms with Crippen LogP contribution in [0.3, 0.4) is 0 Å². The quantitative estimate of drug-likeness (QED) is 0.436. The van der Waals surface area contributed by atoms with Crippen molar-refractivity contribution in [2.45, 2.75) is 113 Å². The molecule has 5 rings (SSSR count). The minimum absolute atomic E-state index is 0.000460. The number of carbonyl (C=O) groups excluding carboxylic acids is 2. The van der Waals surface area contributed by atoms with Gasteiger partial charge in [-0.3, -0.25) is 9.59 Å². The molecule has 5 aliphatic rings. The van der Waals surface area contributed by atoms with Crippen molar-refractivity contribution >= 4 is 11.8 Å². The number of hydrogen-bond acceptors (Lipinski definition) is 4. The second-order valence-electron chi connectivity index (χ2n) is 14.7. The van der Waals surface area contributed by atoms with Crippen LogP contribution >= 0.6 is 0 Å². The van der Waals surface area contributed by atoms with E-state index >= 15 is 0 Å². The summed E-state index contributed by atoms with van der Waals surface area (Å²) < 4.78 is 5.87. The van der Waals surface area contributed by atoms with Crippen molar-refractivity contribution in [3.05, 3.63) is 22.8 Å². The Morgan fingerprint density at radius 1 is 1.06 bits per heavy atom. The normalized spacial score (nSPS) is 45.4. The van der Waals surface area contributed by atoms with Crippen molar-refractivity contribution in [2.24, 2.45) is 44.8 Å². The zero-order chi connectivity index (χ0) is 26.5. The molecule has 4 heteroatoms. The number of ether oxygens (including phenoxy) is 1. The molecule has 3 saturated carbocycles. The molecular weight excluding hydrogens is 448 g/mol.